The normalized spacial score (nSPS) is 17.2. The van der Waals surface area contributed by atoms with Crippen LogP contribution in [0.1, 0.15) is 23.6 Å². The highest BCUT2D eigenvalue weighted by molar-refractivity contribution is 5.85. The van der Waals surface area contributed by atoms with E-state index in [1.54, 1.807) is 10.7 Å². The molecule has 0 amide bonds. The van der Waals surface area contributed by atoms with Crippen molar-refractivity contribution in [3.63, 3.8) is 0 Å². The van der Waals surface area contributed by atoms with Crippen molar-refractivity contribution < 1.29 is 8.78 Å². The van der Waals surface area contributed by atoms with Gasteiger partial charge in [-0.15, -0.1) is 17.5 Å². The quantitative estimate of drug-likeness (QED) is 0.445. The molecule has 0 unspecified atom stereocenters. The van der Waals surface area contributed by atoms with Gasteiger partial charge in [0.15, 0.2) is 11.6 Å². The molecule has 1 fully saturated rings. The first-order chi connectivity index (χ1) is 14.7. The number of rotatable bonds is 6. The Morgan fingerprint density at radius 2 is 1.71 bits per heavy atom. The Morgan fingerprint density at radius 3 is 2.52 bits per heavy atom. The Hall–Kier alpha value is -3.09. The van der Waals surface area contributed by atoms with Crippen LogP contribution in [0.15, 0.2) is 79.0 Å². The van der Waals surface area contributed by atoms with E-state index in [-0.39, 0.29) is 24.4 Å². The summed E-state index contributed by atoms with van der Waals surface area (Å²) < 4.78 is 28.3. The molecule has 1 saturated carbocycles. The predicted octanol–water partition coefficient (Wildman–Crippen LogP) is 5.28. The van der Waals surface area contributed by atoms with Gasteiger partial charge in [-0.3, -0.25) is 0 Å². The molecular weight excluding hydrogens is 418 g/mol. The van der Waals surface area contributed by atoms with Crippen molar-refractivity contribution in [1.82, 2.24) is 20.3 Å². The fourth-order valence-corrected chi connectivity index (χ4v) is 3.73. The molecule has 4 aromatic rings. The summed E-state index contributed by atoms with van der Waals surface area (Å²) in [7, 11) is 0. The van der Waals surface area contributed by atoms with Crippen molar-refractivity contribution in [2.24, 2.45) is 0 Å². The average Bonchev–Trinajstić information content (AvgIpc) is 3.41. The van der Waals surface area contributed by atoms with E-state index in [2.05, 4.69) is 39.9 Å². The second-order valence-corrected chi connectivity index (χ2v) is 7.57. The fourth-order valence-electron chi connectivity index (χ4n) is 3.73. The molecule has 0 bridgehead atoms. The van der Waals surface area contributed by atoms with Gasteiger partial charge in [-0.05, 0) is 47.4 Å². The molecule has 2 atom stereocenters. The number of nitrogens with zero attached hydrogens (tertiary/aromatic N) is 3. The van der Waals surface area contributed by atoms with E-state index in [1.165, 1.54) is 12.1 Å². The minimum atomic E-state index is -0.808. The lowest BCUT2D eigenvalue weighted by atomic mass is 10.1. The lowest BCUT2D eigenvalue weighted by Crippen LogP contribution is -2.17. The zero-order valence-corrected chi connectivity index (χ0v) is 17.4. The summed E-state index contributed by atoms with van der Waals surface area (Å²) in [5.74, 6) is -1.40. The lowest BCUT2D eigenvalue weighted by Gasteiger charge is -2.05. The largest absolute Gasteiger partial charge is 0.308 e. The number of hydrogen-bond donors (Lipinski definition) is 1. The second kappa shape index (κ2) is 8.96. The van der Waals surface area contributed by atoms with Crippen molar-refractivity contribution in [2.45, 2.75) is 24.9 Å². The summed E-state index contributed by atoms with van der Waals surface area (Å²) in [5, 5.41) is 11.9. The molecule has 1 N–H and O–H groups in total. The number of benzene rings is 3. The molecular formula is C24H21ClF2N4. The van der Waals surface area contributed by atoms with E-state index in [1.807, 2.05) is 36.5 Å². The Balaban J connectivity index is 0.00000231. The van der Waals surface area contributed by atoms with Crippen molar-refractivity contribution in [2.75, 3.05) is 0 Å². The zero-order chi connectivity index (χ0) is 20.5. The van der Waals surface area contributed by atoms with E-state index in [9.17, 15) is 8.78 Å². The van der Waals surface area contributed by atoms with Gasteiger partial charge >= 0.3 is 0 Å². The molecule has 1 aliphatic rings. The Kier molecular flexibility index (Phi) is 6.11. The van der Waals surface area contributed by atoms with Crippen molar-refractivity contribution >= 4 is 12.4 Å². The molecule has 3 aromatic carbocycles. The van der Waals surface area contributed by atoms with Gasteiger partial charge in [0.25, 0.3) is 0 Å². The summed E-state index contributed by atoms with van der Waals surface area (Å²) in [4.78, 5) is 0. The molecule has 31 heavy (non-hydrogen) atoms. The van der Waals surface area contributed by atoms with Gasteiger partial charge in [0.05, 0.1) is 17.6 Å². The maximum Gasteiger partial charge on any atom is 0.159 e. The minimum Gasteiger partial charge on any atom is -0.308 e. The summed E-state index contributed by atoms with van der Waals surface area (Å²) in [6.45, 7) is 0.573. The SMILES string of the molecule is Cl.Fc1ccc([C@@H]2C[C@H]2NCc2cn(-c3cccc(-c4ccccc4)c3)nn2)cc1F. The summed E-state index contributed by atoms with van der Waals surface area (Å²) in [5.41, 5.74) is 4.87. The summed E-state index contributed by atoms with van der Waals surface area (Å²) in [6, 6.07) is 22.7. The fraction of sp³-hybridized carbons (Fsp3) is 0.167. The molecule has 7 heteroatoms. The molecule has 158 valence electrons. The summed E-state index contributed by atoms with van der Waals surface area (Å²) >= 11 is 0. The van der Waals surface area contributed by atoms with Crippen LogP contribution in [0.2, 0.25) is 0 Å². The smallest absolute Gasteiger partial charge is 0.159 e. The first-order valence-electron chi connectivity index (χ1n) is 9.93. The number of nitrogens with one attached hydrogen (secondary N) is 1. The topological polar surface area (TPSA) is 42.7 Å². The third-order valence-electron chi connectivity index (χ3n) is 5.47. The third-order valence-corrected chi connectivity index (χ3v) is 5.47. The van der Waals surface area contributed by atoms with Crippen LogP contribution in [0.3, 0.4) is 0 Å². The standard InChI is InChI=1S/C24H20F2N4.ClH/c25-22-10-9-18(12-23(22)26)21-13-24(21)27-14-19-15-30(29-28-19)20-8-4-7-17(11-20)16-5-2-1-3-6-16;/h1-12,15,21,24,27H,13-14H2;1H/t21-,24+;/m0./s1. The van der Waals surface area contributed by atoms with Crippen LogP contribution in [0, 0.1) is 11.6 Å². The van der Waals surface area contributed by atoms with Gasteiger partial charge < -0.3 is 5.32 Å². The highest BCUT2D eigenvalue weighted by atomic mass is 35.5. The van der Waals surface area contributed by atoms with E-state index < -0.39 is 11.6 Å². The van der Waals surface area contributed by atoms with E-state index in [0.717, 1.165) is 34.5 Å². The monoisotopic (exact) mass is 438 g/mol. The predicted molar refractivity (Wildman–Crippen MR) is 118 cm³/mol. The van der Waals surface area contributed by atoms with Gasteiger partial charge in [-0.1, -0.05) is 53.7 Å². The van der Waals surface area contributed by atoms with Crippen LogP contribution in [0.25, 0.3) is 16.8 Å². The van der Waals surface area contributed by atoms with Crippen LogP contribution >= 0.6 is 12.4 Å². The van der Waals surface area contributed by atoms with Gasteiger partial charge in [-0.25, -0.2) is 13.5 Å². The van der Waals surface area contributed by atoms with Crippen LogP contribution in [0.4, 0.5) is 8.78 Å². The zero-order valence-electron chi connectivity index (χ0n) is 16.6. The minimum absolute atomic E-state index is 0. The molecule has 1 aromatic heterocycles. The number of hydrogen-bond acceptors (Lipinski definition) is 3. The second-order valence-electron chi connectivity index (χ2n) is 7.57. The van der Waals surface area contributed by atoms with Gasteiger partial charge in [-0.2, -0.15) is 0 Å². The number of halogens is 3. The van der Waals surface area contributed by atoms with Crippen LogP contribution in [-0.2, 0) is 6.54 Å². The Bertz CT molecular complexity index is 1180. The molecule has 1 aliphatic carbocycles. The maximum atomic E-state index is 13.4. The molecule has 0 spiro atoms. The highest BCUT2D eigenvalue weighted by Gasteiger charge is 2.38. The summed E-state index contributed by atoms with van der Waals surface area (Å²) in [6.07, 6.45) is 2.81. The van der Waals surface area contributed by atoms with E-state index >= 15 is 0 Å². The van der Waals surface area contributed by atoms with Gasteiger partial charge in [0, 0.05) is 18.5 Å². The van der Waals surface area contributed by atoms with Gasteiger partial charge in [0.2, 0.25) is 0 Å². The van der Waals surface area contributed by atoms with Crippen LogP contribution < -0.4 is 5.32 Å². The first-order valence-corrected chi connectivity index (χ1v) is 9.93. The van der Waals surface area contributed by atoms with E-state index in [0.29, 0.717) is 6.54 Å². The number of aromatic nitrogens is 3. The average molecular weight is 439 g/mol. The van der Waals surface area contributed by atoms with Crippen LogP contribution in [-0.4, -0.2) is 21.0 Å². The highest BCUT2D eigenvalue weighted by Crippen LogP contribution is 2.41. The van der Waals surface area contributed by atoms with Gasteiger partial charge in [0.1, 0.15) is 0 Å². The van der Waals surface area contributed by atoms with Crippen molar-refractivity contribution in [3.8, 4) is 16.8 Å². The molecule has 0 aliphatic heterocycles. The molecule has 0 saturated heterocycles. The Morgan fingerprint density at radius 1 is 0.903 bits per heavy atom. The molecule has 4 nitrogen and oxygen atoms in total. The molecule has 5 rings (SSSR count). The third kappa shape index (κ3) is 4.65. The van der Waals surface area contributed by atoms with Crippen molar-refractivity contribution in [3.05, 3.63) is 102 Å². The van der Waals surface area contributed by atoms with E-state index in [4.69, 9.17) is 0 Å². The maximum absolute atomic E-state index is 13.4. The lowest BCUT2D eigenvalue weighted by molar-refractivity contribution is 0.506. The van der Waals surface area contributed by atoms with Crippen LogP contribution in [0.5, 0.6) is 0 Å². The first kappa shape index (κ1) is 21.2. The Labute approximate surface area is 185 Å². The van der Waals surface area contributed by atoms with Crippen molar-refractivity contribution in [1.29, 1.82) is 0 Å². The molecule has 1 heterocycles. The molecule has 0 radical (unpaired) electrons.